The van der Waals surface area contributed by atoms with Crippen LogP contribution in [0.1, 0.15) is 18.3 Å². The van der Waals surface area contributed by atoms with E-state index in [1.54, 1.807) is 43.9 Å². The van der Waals surface area contributed by atoms with Crippen LogP contribution in [0.15, 0.2) is 34.5 Å². The van der Waals surface area contributed by atoms with E-state index < -0.39 is 5.25 Å². The Kier molecular flexibility index (Phi) is 4.16. The molecule has 2 heterocycles. The van der Waals surface area contributed by atoms with E-state index in [-0.39, 0.29) is 11.7 Å². The third-order valence-electron chi connectivity index (χ3n) is 3.51. The van der Waals surface area contributed by atoms with Crippen molar-refractivity contribution in [1.82, 2.24) is 19.8 Å². The minimum Gasteiger partial charge on any atom is -0.348 e. The first-order chi connectivity index (χ1) is 11.0. The number of halogens is 1. The number of carbonyl (C=O) groups excluding carboxylic acids is 1. The molecule has 1 aromatic carbocycles. The summed E-state index contributed by atoms with van der Waals surface area (Å²) in [6, 6.07) is 6.55. The van der Waals surface area contributed by atoms with Gasteiger partial charge in [0, 0.05) is 20.5 Å². The molecule has 0 radical (unpaired) electrons. The van der Waals surface area contributed by atoms with Crippen LogP contribution in [0.4, 0.5) is 4.39 Å². The molecule has 6 nitrogen and oxygen atoms in total. The van der Waals surface area contributed by atoms with Crippen molar-refractivity contribution in [3.05, 3.63) is 41.5 Å². The summed E-state index contributed by atoms with van der Waals surface area (Å²) in [6.45, 7) is 1.80. The molecule has 1 unspecified atom stereocenters. The van der Waals surface area contributed by atoms with Crippen LogP contribution in [0.5, 0.6) is 0 Å². The smallest absolute Gasteiger partial charge is 0.241 e. The first-order valence-electron chi connectivity index (χ1n) is 7.08. The number of fused-ring (bicyclic) bond motifs is 1. The molecular formula is C15H16FN5OS. The molecule has 0 saturated carbocycles. The lowest BCUT2D eigenvalue weighted by atomic mass is 10.1. The Morgan fingerprint density at radius 2 is 2.09 bits per heavy atom. The zero-order chi connectivity index (χ0) is 16.6. The summed E-state index contributed by atoms with van der Waals surface area (Å²) < 4.78 is 15.4. The van der Waals surface area contributed by atoms with Crippen molar-refractivity contribution in [3.63, 3.8) is 0 Å². The van der Waals surface area contributed by atoms with Crippen molar-refractivity contribution < 1.29 is 9.18 Å². The van der Waals surface area contributed by atoms with E-state index in [2.05, 4.69) is 15.3 Å². The second-order valence-electron chi connectivity index (χ2n) is 5.45. The van der Waals surface area contributed by atoms with Crippen LogP contribution in [-0.4, -0.2) is 50.7 Å². The predicted molar refractivity (Wildman–Crippen MR) is 86.1 cm³/mol. The van der Waals surface area contributed by atoms with Gasteiger partial charge in [-0.1, -0.05) is 30.0 Å². The van der Waals surface area contributed by atoms with Crippen LogP contribution >= 0.6 is 11.8 Å². The van der Waals surface area contributed by atoms with Crippen LogP contribution in [0.3, 0.4) is 0 Å². The largest absolute Gasteiger partial charge is 0.348 e. The first kappa shape index (κ1) is 15.7. The average molecular weight is 333 g/mol. The summed E-state index contributed by atoms with van der Waals surface area (Å²) in [6.07, 6.45) is 0.295. The molecule has 8 heteroatoms. The second-order valence-corrected chi connectivity index (χ2v) is 6.52. The molecule has 0 aliphatic carbocycles. The summed E-state index contributed by atoms with van der Waals surface area (Å²) in [4.78, 5) is 13.7. The summed E-state index contributed by atoms with van der Waals surface area (Å²) in [5.74, 6) is 0.225. The SMILES string of the molecule is CC1=Nn2c(Cc3ccccc3F)nnc2SC1C(=O)N(C)C. The van der Waals surface area contributed by atoms with E-state index in [0.717, 1.165) is 0 Å². The first-order valence-corrected chi connectivity index (χ1v) is 7.96. The van der Waals surface area contributed by atoms with E-state index in [1.165, 1.54) is 22.7 Å². The Labute approximate surface area is 137 Å². The molecular weight excluding hydrogens is 317 g/mol. The molecule has 1 atom stereocenters. The molecule has 1 aromatic heterocycles. The molecule has 1 aliphatic rings. The van der Waals surface area contributed by atoms with Gasteiger partial charge in [-0.2, -0.15) is 9.78 Å². The standard InChI is InChI=1S/C15H16FN5OS/c1-9-13(14(22)20(2)3)23-15-18-17-12(21(15)19-9)8-10-6-4-5-7-11(10)16/h4-7,13H,8H2,1-3H3. The van der Waals surface area contributed by atoms with Gasteiger partial charge in [0.15, 0.2) is 5.82 Å². The highest BCUT2D eigenvalue weighted by molar-refractivity contribution is 8.01. The van der Waals surface area contributed by atoms with E-state index in [0.29, 0.717) is 28.7 Å². The summed E-state index contributed by atoms with van der Waals surface area (Å²) in [7, 11) is 3.41. The Balaban J connectivity index is 1.90. The fraction of sp³-hybridized carbons (Fsp3) is 0.333. The van der Waals surface area contributed by atoms with E-state index in [4.69, 9.17) is 0 Å². The maximum atomic E-state index is 13.8. The Hall–Kier alpha value is -2.22. The zero-order valence-electron chi connectivity index (χ0n) is 13.0. The molecule has 1 amide bonds. The number of carbonyl (C=O) groups is 1. The van der Waals surface area contributed by atoms with Gasteiger partial charge in [-0.15, -0.1) is 10.2 Å². The quantitative estimate of drug-likeness (QED) is 0.859. The number of rotatable bonds is 3. The van der Waals surface area contributed by atoms with Gasteiger partial charge in [0.05, 0.1) is 5.71 Å². The van der Waals surface area contributed by atoms with Crippen molar-refractivity contribution in [2.45, 2.75) is 23.8 Å². The third-order valence-corrected chi connectivity index (χ3v) is 4.75. The summed E-state index contributed by atoms with van der Waals surface area (Å²) in [5, 5.41) is 12.8. The van der Waals surface area contributed by atoms with Crippen molar-refractivity contribution in [3.8, 4) is 0 Å². The fourth-order valence-corrected chi connectivity index (χ4v) is 3.33. The van der Waals surface area contributed by atoms with Crippen molar-refractivity contribution in [1.29, 1.82) is 0 Å². The Bertz CT molecular complexity index is 786. The molecule has 23 heavy (non-hydrogen) atoms. The van der Waals surface area contributed by atoms with Gasteiger partial charge in [0.1, 0.15) is 11.1 Å². The number of thioether (sulfide) groups is 1. The fourth-order valence-electron chi connectivity index (χ4n) is 2.26. The number of nitrogens with zero attached hydrogens (tertiary/aromatic N) is 5. The highest BCUT2D eigenvalue weighted by Gasteiger charge is 2.31. The maximum Gasteiger partial charge on any atom is 0.241 e. The Morgan fingerprint density at radius 3 is 2.78 bits per heavy atom. The van der Waals surface area contributed by atoms with Crippen LogP contribution in [-0.2, 0) is 11.2 Å². The number of benzene rings is 1. The van der Waals surface area contributed by atoms with Gasteiger partial charge in [0.2, 0.25) is 11.1 Å². The lowest BCUT2D eigenvalue weighted by molar-refractivity contribution is -0.126. The molecule has 0 saturated heterocycles. The molecule has 0 bridgehead atoms. The lowest BCUT2D eigenvalue weighted by Gasteiger charge is -2.22. The highest BCUT2D eigenvalue weighted by atomic mass is 32.2. The lowest BCUT2D eigenvalue weighted by Crippen LogP contribution is -2.38. The average Bonchev–Trinajstić information content (AvgIpc) is 2.90. The monoisotopic (exact) mass is 333 g/mol. The van der Waals surface area contributed by atoms with Crippen LogP contribution < -0.4 is 0 Å². The van der Waals surface area contributed by atoms with Gasteiger partial charge in [0.25, 0.3) is 0 Å². The van der Waals surface area contributed by atoms with Gasteiger partial charge in [-0.05, 0) is 18.6 Å². The van der Waals surface area contributed by atoms with Crippen molar-refractivity contribution in [2.24, 2.45) is 5.10 Å². The molecule has 3 rings (SSSR count). The van der Waals surface area contributed by atoms with Crippen LogP contribution in [0.25, 0.3) is 0 Å². The minimum atomic E-state index is -0.400. The second kappa shape index (κ2) is 6.11. The van der Waals surface area contributed by atoms with Crippen molar-refractivity contribution >= 4 is 23.4 Å². The molecule has 0 spiro atoms. The predicted octanol–water partition coefficient (Wildman–Crippen LogP) is 1.79. The highest BCUT2D eigenvalue weighted by Crippen LogP contribution is 2.29. The third kappa shape index (κ3) is 2.98. The van der Waals surface area contributed by atoms with Gasteiger partial charge in [-0.25, -0.2) is 4.39 Å². The minimum absolute atomic E-state index is 0.0406. The van der Waals surface area contributed by atoms with E-state index in [1.807, 2.05) is 0 Å². The van der Waals surface area contributed by atoms with Crippen LogP contribution in [0, 0.1) is 5.82 Å². The molecule has 120 valence electrons. The van der Waals surface area contributed by atoms with Crippen molar-refractivity contribution in [2.75, 3.05) is 14.1 Å². The number of amides is 1. The summed E-state index contributed by atoms with van der Waals surface area (Å²) in [5.41, 5.74) is 1.21. The van der Waals surface area contributed by atoms with Gasteiger partial charge < -0.3 is 4.90 Å². The molecule has 1 aliphatic heterocycles. The number of aromatic nitrogens is 3. The number of hydrogen-bond donors (Lipinski definition) is 0. The Morgan fingerprint density at radius 1 is 1.35 bits per heavy atom. The van der Waals surface area contributed by atoms with Gasteiger partial charge in [-0.3, -0.25) is 4.79 Å². The summed E-state index contributed by atoms with van der Waals surface area (Å²) >= 11 is 1.31. The van der Waals surface area contributed by atoms with E-state index in [9.17, 15) is 9.18 Å². The topological polar surface area (TPSA) is 63.4 Å². The molecule has 0 N–H and O–H groups in total. The van der Waals surface area contributed by atoms with Gasteiger partial charge >= 0.3 is 0 Å². The maximum absolute atomic E-state index is 13.8. The zero-order valence-corrected chi connectivity index (χ0v) is 13.8. The normalized spacial score (nSPS) is 16.7. The number of hydrogen-bond acceptors (Lipinski definition) is 5. The molecule has 2 aromatic rings. The molecule has 0 fully saturated rings. The van der Waals surface area contributed by atoms with E-state index >= 15 is 0 Å². The van der Waals surface area contributed by atoms with Crippen LogP contribution in [0.2, 0.25) is 0 Å².